The molecule has 1 aliphatic rings. The van der Waals surface area contributed by atoms with Crippen molar-refractivity contribution < 1.29 is 9.47 Å². The average Bonchev–Trinajstić information content (AvgIpc) is 2.26. The van der Waals surface area contributed by atoms with E-state index in [2.05, 4.69) is 26.1 Å². The molecule has 1 saturated carbocycles. The van der Waals surface area contributed by atoms with Gasteiger partial charge in [-0.05, 0) is 26.2 Å². The van der Waals surface area contributed by atoms with Gasteiger partial charge in [0.2, 0.25) is 0 Å². The van der Waals surface area contributed by atoms with Gasteiger partial charge in [-0.3, -0.25) is 0 Å². The summed E-state index contributed by atoms with van der Waals surface area (Å²) >= 11 is 0. The predicted molar refractivity (Wildman–Crippen MR) is 66.7 cm³/mol. The highest BCUT2D eigenvalue weighted by atomic mass is 16.5. The molecule has 0 aromatic heterocycles. The van der Waals surface area contributed by atoms with Gasteiger partial charge >= 0.3 is 0 Å². The van der Waals surface area contributed by atoms with E-state index in [-0.39, 0.29) is 0 Å². The fraction of sp³-hybridized carbons (Fsp3) is 1.00. The highest BCUT2D eigenvalue weighted by Gasteiger charge is 2.52. The summed E-state index contributed by atoms with van der Waals surface area (Å²) in [4.78, 5) is 0. The summed E-state index contributed by atoms with van der Waals surface area (Å²) in [6.45, 7) is 7.49. The van der Waals surface area contributed by atoms with Crippen LogP contribution in [0.15, 0.2) is 0 Å². The van der Waals surface area contributed by atoms with Crippen LogP contribution in [0.1, 0.15) is 40.0 Å². The lowest BCUT2D eigenvalue weighted by molar-refractivity contribution is -0.127. The lowest BCUT2D eigenvalue weighted by atomic mass is 9.58. The van der Waals surface area contributed by atoms with E-state index in [1.54, 1.807) is 7.11 Å². The standard InChI is InChI=1S/C13H27NO2/c1-6-13(7-2)11(8-12(13)16-5)14-10(3)9-15-4/h10-12,14H,6-9H2,1-5H3. The van der Waals surface area contributed by atoms with Crippen LogP contribution in [0.3, 0.4) is 0 Å². The second kappa shape index (κ2) is 5.99. The van der Waals surface area contributed by atoms with Gasteiger partial charge in [0.1, 0.15) is 0 Å². The maximum Gasteiger partial charge on any atom is 0.0657 e. The van der Waals surface area contributed by atoms with Crippen LogP contribution in [0.25, 0.3) is 0 Å². The zero-order valence-corrected chi connectivity index (χ0v) is 11.4. The van der Waals surface area contributed by atoms with Crippen molar-refractivity contribution in [1.82, 2.24) is 5.32 Å². The smallest absolute Gasteiger partial charge is 0.0657 e. The first-order valence-electron chi connectivity index (χ1n) is 6.42. The van der Waals surface area contributed by atoms with Crippen molar-refractivity contribution in [2.75, 3.05) is 20.8 Å². The Balaban J connectivity index is 2.55. The van der Waals surface area contributed by atoms with Crippen molar-refractivity contribution in [3.05, 3.63) is 0 Å². The Bertz CT molecular complexity index is 204. The number of hydrogen-bond donors (Lipinski definition) is 1. The minimum Gasteiger partial charge on any atom is -0.383 e. The van der Waals surface area contributed by atoms with Gasteiger partial charge in [-0.1, -0.05) is 13.8 Å². The van der Waals surface area contributed by atoms with E-state index < -0.39 is 0 Å². The van der Waals surface area contributed by atoms with Crippen LogP contribution in [0.2, 0.25) is 0 Å². The normalized spacial score (nSPS) is 29.8. The van der Waals surface area contributed by atoms with Crippen LogP contribution in [0.5, 0.6) is 0 Å². The second-order valence-corrected chi connectivity index (χ2v) is 4.98. The van der Waals surface area contributed by atoms with Crippen LogP contribution in [0, 0.1) is 5.41 Å². The van der Waals surface area contributed by atoms with Gasteiger partial charge in [0.15, 0.2) is 0 Å². The number of nitrogens with one attached hydrogen (secondary N) is 1. The van der Waals surface area contributed by atoms with Crippen LogP contribution in [0.4, 0.5) is 0 Å². The van der Waals surface area contributed by atoms with Crippen molar-refractivity contribution in [1.29, 1.82) is 0 Å². The highest BCUT2D eigenvalue weighted by Crippen LogP contribution is 2.48. The van der Waals surface area contributed by atoms with E-state index in [0.717, 1.165) is 13.0 Å². The SMILES string of the molecule is CCC1(CC)C(NC(C)COC)CC1OC. The van der Waals surface area contributed by atoms with Crippen molar-refractivity contribution in [3.8, 4) is 0 Å². The molecule has 0 spiro atoms. The molecule has 1 N–H and O–H groups in total. The predicted octanol–water partition coefficient (Wildman–Crippen LogP) is 2.20. The Morgan fingerprint density at radius 3 is 2.38 bits per heavy atom. The molecule has 0 radical (unpaired) electrons. The molecule has 3 nitrogen and oxygen atoms in total. The third kappa shape index (κ3) is 2.41. The van der Waals surface area contributed by atoms with Crippen LogP contribution in [-0.4, -0.2) is 39.0 Å². The van der Waals surface area contributed by atoms with Gasteiger partial charge in [-0.15, -0.1) is 0 Å². The molecular weight excluding hydrogens is 202 g/mol. The average molecular weight is 229 g/mol. The molecule has 96 valence electrons. The van der Waals surface area contributed by atoms with Gasteiger partial charge in [0, 0.05) is 31.7 Å². The van der Waals surface area contributed by atoms with Gasteiger partial charge in [-0.2, -0.15) is 0 Å². The highest BCUT2D eigenvalue weighted by molar-refractivity contribution is 5.07. The topological polar surface area (TPSA) is 30.5 Å². The summed E-state index contributed by atoms with van der Waals surface area (Å²) < 4.78 is 10.8. The van der Waals surface area contributed by atoms with Gasteiger partial charge in [0.05, 0.1) is 12.7 Å². The van der Waals surface area contributed by atoms with E-state index in [9.17, 15) is 0 Å². The summed E-state index contributed by atoms with van der Waals surface area (Å²) in [7, 11) is 3.59. The molecule has 1 rings (SSSR count). The maximum atomic E-state index is 5.58. The Morgan fingerprint density at radius 2 is 1.94 bits per heavy atom. The van der Waals surface area contributed by atoms with E-state index in [1.165, 1.54) is 12.8 Å². The van der Waals surface area contributed by atoms with Crippen molar-refractivity contribution >= 4 is 0 Å². The van der Waals surface area contributed by atoms with Gasteiger partial charge in [-0.25, -0.2) is 0 Å². The first-order valence-corrected chi connectivity index (χ1v) is 6.42. The minimum absolute atomic E-state index is 0.330. The number of rotatable bonds is 7. The summed E-state index contributed by atoms with van der Waals surface area (Å²) in [6, 6.07) is 1.00. The summed E-state index contributed by atoms with van der Waals surface area (Å²) in [6.07, 6.45) is 3.92. The van der Waals surface area contributed by atoms with Gasteiger partial charge in [0.25, 0.3) is 0 Å². The zero-order valence-electron chi connectivity index (χ0n) is 11.4. The van der Waals surface area contributed by atoms with E-state index in [1.807, 2.05) is 7.11 Å². The molecule has 0 amide bonds. The first-order chi connectivity index (χ1) is 7.64. The Hall–Kier alpha value is -0.120. The van der Waals surface area contributed by atoms with Crippen molar-refractivity contribution in [3.63, 3.8) is 0 Å². The largest absolute Gasteiger partial charge is 0.383 e. The first kappa shape index (κ1) is 13.9. The molecule has 0 saturated heterocycles. The number of ether oxygens (including phenoxy) is 2. The fourth-order valence-electron chi connectivity index (χ4n) is 3.15. The fourth-order valence-corrected chi connectivity index (χ4v) is 3.15. The Kier molecular flexibility index (Phi) is 5.22. The Labute approximate surface area is 99.9 Å². The van der Waals surface area contributed by atoms with Crippen LogP contribution in [-0.2, 0) is 9.47 Å². The summed E-state index contributed by atoms with van der Waals surface area (Å²) in [5, 5.41) is 3.67. The second-order valence-electron chi connectivity index (χ2n) is 4.98. The number of hydrogen-bond acceptors (Lipinski definition) is 3. The molecule has 0 heterocycles. The summed E-state index contributed by atoms with van der Waals surface area (Å²) in [5.41, 5.74) is 0.330. The molecule has 3 atom stereocenters. The van der Waals surface area contributed by atoms with Crippen molar-refractivity contribution in [2.45, 2.75) is 58.2 Å². The molecule has 1 fully saturated rings. The molecule has 0 aromatic rings. The molecule has 3 unspecified atom stereocenters. The van der Waals surface area contributed by atoms with Crippen LogP contribution < -0.4 is 5.32 Å². The molecule has 3 heteroatoms. The summed E-state index contributed by atoms with van der Waals surface area (Å²) in [5.74, 6) is 0. The molecule has 1 aliphatic carbocycles. The van der Waals surface area contributed by atoms with E-state index >= 15 is 0 Å². The Morgan fingerprint density at radius 1 is 1.31 bits per heavy atom. The van der Waals surface area contributed by atoms with E-state index in [4.69, 9.17) is 9.47 Å². The van der Waals surface area contributed by atoms with Gasteiger partial charge < -0.3 is 14.8 Å². The van der Waals surface area contributed by atoms with Crippen molar-refractivity contribution in [2.24, 2.45) is 5.41 Å². The third-order valence-corrected chi connectivity index (χ3v) is 4.29. The molecule has 0 aromatic carbocycles. The third-order valence-electron chi connectivity index (χ3n) is 4.29. The number of methoxy groups -OCH3 is 2. The zero-order chi connectivity index (χ0) is 12.2. The lowest BCUT2D eigenvalue weighted by Crippen LogP contribution is -2.64. The quantitative estimate of drug-likeness (QED) is 0.726. The molecule has 0 bridgehead atoms. The molecule has 0 aliphatic heterocycles. The van der Waals surface area contributed by atoms with Crippen LogP contribution >= 0.6 is 0 Å². The minimum atomic E-state index is 0.330. The lowest BCUT2D eigenvalue weighted by Gasteiger charge is -2.56. The maximum absolute atomic E-state index is 5.58. The molecule has 16 heavy (non-hydrogen) atoms. The monoisotopic (exact) mass is 229 g/mol. The van der Waals surface area contributed by atoms with E-state index in [0.29, 0.717) is 23.6 Å². The molecular formula is C13H27NO2.